The van der Waals surface area contributed by atoms with E-state index in [0.717, 1.165) is 39.1 Å². The van der Waals surface area contributed by atoms with Crippen LogP contribution in [0, 0.1) is 17.8 Å². The maximum absolute atomic E-state index is 12.1. The van der Waals surface area contributed by atoms with Gasteiger partial charge >= 0.3 is 6.09 Å². The van der Waals surface area contributed by atoms with Gasteiger partial charge in [0.1, 0.15) is 5.60 Å². The molecular weight excluding hydrogens is 218 g/mol. The van der Waals surface area contributed by atoms with Crippen LogP contribution in [0.3, 0.4) is 0 Å². The first-order valence-electron chi connectivity index (χ1n) is 6.63. The molecule has 3 rings (SSSR count). The minimum atomic E-state index is -0.161. The van der Waals surface area contributed by atoms with Gasteiger partial charge in [0.05, 0.1) is 13.2 Å². The molecule has 0 aromatic rings. The zero-order valence-electron chi connectivity index (χ0n) is 10.6. The van der Waals surface area contributed by atoms with E-state index in [-0.39, 0.29) is 11.7 Å². The average molecular weight is 239 g/mol. The first-order valence-corrected chi connectivity index (χ1v) is 6.63. The van der Waals surface area contributed by atoms with Crippen molar-refractivity contribution in [2.24, 2.45) is 17.8 Å². The second-order valence-corrected chi connectivity index (χ2v) is 6.14. The van der Waals surface area contributed by atoms with E-state index in [2.05, 4.69) is 6.92 Å². The number of likely N-dealkylation sites (tertiary alicyclic amines) is 1. The molecule has 2 atom stereocenters. The summed E-state index contributed by atoms with van der Waals surface area (Å²) in [4.78, 5) is 13.9. The monoisotopic (exact) mass is 239 g/mol. The molecule has 96 valence electrons. The lowest BCUT2D eigenvalue weighted by molar-refractivity contribution is -0.0760. The fourth-order valence-electron chi connectivity index (χ4n) is 2.84. The van der Waals surface area contributed by atoms with E-state index in [9.17, 15) is 4.79 Å². The van der Waals surface area contributed by atoms with Gasteiger partial charge in [-0.1, -0.05) is 6.92 Å². The predicted molar refractivity (Wildman–Crippen MR) is 62.7 cm³/mol. The predicted octanol–water partition coefficient (Wildman–Crippen LogP) is 1.89. The number of rotatable bonds is 1. The SMILES string of the molecule is CC1C2COCC1CN(C(=O)OC1(C)CC1)C2. The molecule has 4 heteroatoms. The van der Waals surface area contributed by atoms with Gasteiger partial charge < -0.3 is 14.4 Å². The second-order valence-electron chi connectivity index (χ2n) is 6.14. The van der Waals surface area contributed by atoms with Crippen molar-refractivity contribution in [1.29, 1.82) is 0 Å². The Morgan fingerprint density at radius 3 is 2.41 bits per heavy atom. The minimum absolute atomic E-state index is 0.117. The van der Waals surface area contributed by atoms with Crippen LogP contribution < -0.4 is 0 Å². The van der Waals surface area contributed by atoms with Crippen LogP contribution in [-0.4, -0.2) is 42.9 Å². The van der Waals surface area contributed by atoms with Crippen LogP contribution in [0.4, 0.5) is 4.79 Å². The largest absolute Gasteiger partial charge is 0.443 e. The topological polar surface area (TPSA) is 38.8 Å². The number of amides is 1. The molecule has 0 N–H and O–H groups in total. The fraction of sp³-hybridized carbons (Fsp3) is 0.923. The van der Waals surface area contributed by atoms with Crippen LogP contribution in [0.2, 0.25) is 0 Å². The Balaban J connectivity index is 1.63. The molecule has 1 saturated carbocycles. The van der Waals surface area contributed by atoms with Gasteiger partial charge in [-0.05, 0) is 25.7 Å². The van der Waals surface area contributed by atoms with E-state index < -0.39 is 0 Å². The standard InChI is InChI=1S/C13H21NO3/c1-9-10-5-14(6-11(9)8-16-7-10)12(15)17-13(2)3-4-13/h9-11H,3-8H2,1-2H3. The Bertz CT molecular complexity index is 313. The van der Waals surface area contributed by atoms with Crippen molar-refractivity contribution in [3.05, 3.63) is 0 Å². The van der Waals surface area contributed by atoms with Gasteiger partial charge in [-0.25, -0.2) is 4.79 Å². The Labute approximate surface area is 102 Å². The van der Waals surface area contributed by atoms with Crippen molar-refractivity contribution in [2.45, 2.75) is 32.3 Å². The normalized spacial score (nSPS) is 38.7. The molecule has 1 amide bonds. The summed E-state index contributed by atoms with van der Waals surface area (Å²) in [5.41, 5.74) is -0.161. The molecule has 3 aliphatic rings. The molecule has 1 aliphatic carbocycles. The van der Waals surface area contributed by atoms with E-state index in [0.29, 0.717) is 17.8 Å². The first-order chi connectivity index (χ1) is 8.07. The molecule has 2 aliphatic heterocycles. The number of hydrogen-bond donors (Lipinski definition) is 0. The van der Waals surface area contributed by atoms with Gasteiger partial charge in [0.2, 0.25) is 0 Å². The van der Waals surface area contributed by atoms with E-state index in [4.69, 9.17) is 9.47 Å². The van der Waals surface area contributed by atoms with Crippen molar-refractivity contribution in [2.75, 3.05) is 26.3 Å². The van der Waals surface area contributed by atoms with Gasteiger partial charge in [-0.15, -0.1) is 0 Å². The summed E-state index contributed by atoms with van der Waals surface area (Å²) >= 11 is 0. The molecule has 3 fully saturated rings. The summed E-state index contributed by atoms with van der Waals surface area (Å²) in [5.74, 6) is 1.65. The molecule has 0 aromatic carbocycles. The summed E-state index contributed by atoms with van der Waals surface area (Å²) in [5, 5.41) is 0. The summed E-state index contributed by atoms with van der Waals surface area (Å²) in [6, 6.07) is 0. The summed E-state index contributed by atoms with van der Waals surface area (Å²) in [6.07, 6.45) is 1.91. The van der Waals surface area contributed by atoms with E-state index in [1.807, 2.05) is 11.8 Å². The molecule has 2 saturated heterocycles. The third kappa shape index (κ3) is 2.15. The van der Waals surface area contributed by atoms with Crippen molar-refractivity contribution >= 4 is 6.09 Å². The Kier molecular flexibility index (Phi) is 2.58. The highest BCUT2D eigenvalue weighted by molar-refractivity contribution is 5.68. The first kappa shape index (κ1) is 11.3. The molecule has 0 aromatic heterocycles. The number of carbonyl (C=O) groups is 1. The Morgan fingerprint density at radius 2 is 1.88 bits per heavy atom. The lowest BCUT2D eigenvalue weighted by Gasteiger charge is -2.45. The lowest BCUT2D eigenvalue weighted by Crippen LogP contribution is -2.53. The van der Waals surface area contributed by atoms with E-state index in [1.54, 1.807) is 0 Å². The van der Waals surface area contributed by atoms with Gasteiger partial charge in [0, 0.05) is 24.9 Å². The highest BCUT2D eigenvalue weighted by Gasteiger charge is 2.45. The lowest BCUT2D eigenvalue weighted by atomic mass is 9.78. The highest BCUT2D eigenvalue weighted by atomic mass is 16.6. The number of ether oxygens (including phenoxy) is 2. The summed E-state index contributed by atoms with van der Waals surface area (Å²) < 4.78 is 11.1. The highest BCUT2D eigenvalue weighted by Crippen LogP contribution is 2.40. The number of hydrogen-bond acceptors (Lipinski definition) is 3. The Morgan fingerprint density at radius 1 is 1.29 bits per heavy atom. The summed E-state index contributed by atoms with van der Waals surface area (Å²) in [7, 11) is 0. The molecule has 0 spiro atoms. The quantitative estimate of drug-likeness (QED) is 0.701. The molecule has 17 heavy (non-hydrogen) atoms. The van der Waals surface area contributed by atoms with Crippen molar-refractivity contribution in [1.82, 2.24) is 4.90 Å². The van der Waals surface area contributed by atoms with Crippen LogP contribution in [0.15, 0.2) is 0 Å². The van der Waals surface area contributed by atoms with E-state index in [1.165, 1.54) is 0 Å². The van der Waals surface area contributed by atoms with Crippen LogP contribution in [0.1, 0.15) is 26.7 Å². The molecule has 0 radical (unpaired) electrons. The van der Waals surface area contributed by atoms with Crippen molar-refractivity contribution < 1.29 is 14.3 Å². The smallest absolute Gasteiger partial charge is 0.410 e. The van der Waals surface area contributed by atoms with Gasteiger partial charge in [0.15, 0.2) is 0 Å². The number of piperidine rings is 1. The number of carbonyl (C=O) groups excluding carboxylic acids is 1. The van der Waals surface area contributed by atoms with Gasteiger partial charge in [-0.3, -0.25) is 0 Å². The number of fused-ring (bicyclic) bond motifs is 2. The third-order valence-corrected chi connectivity index (χ3v) is 4.61. The average Bonchev–Trinajstić information content (AvgIpc) is 2.95. The zero-order chi connectivity index (χ0) is 12.0. The molecule has 2 unspecified atom stereocenters. The number of nitrogens with zero attached hydrogens (tertiary/aromatic N) is 1. The maximum Gasteiger partial charge on any atom is 0.410 e. The zero-order valence-corrected chi connectivity index (χ0v) is 10.6. The Hall–Kier alpha value is -0.770. The van der Waals surface area contributed by atoms with Crippen molar-refractivity contribution in [3.8, 4) is 0 Å². The van der Waals surface area contributed by atoms with E-state index >= 15 is 0 Å². The maximum atomic E-state index is 12.1. The third-order valence-electron chi connectivity index (χ3n) is 4.61. The van der Waals surface area contributed by atoms with Crippen molar-refractivity contribution in [3.63, 3.8) is 0 Å². The second kappa shape index (κ2) is 3.87. The van der Waals surface area contributed by atoms with Crippen LogP contribution >= 0.6 is 0 Å². The molecular formula is C13H21NO3. The van der Waals surface area contributed by atoms with Crippen LogP contribution in [-0.2, 0) is 9.47 Å². The summed E-state index contributed by atoms with van der Waals surface area (Å²) in [6.45, 7) is 7.47. The molecule has 4 nitrogen and oxygen atoms in total. The van der Waals surface area contributed by atoms with Crippen LogP contribution in [0.5, 0.6) is 0 Å². The van der Waals surface area contributed by atoms with Crippen LogP contribution in [0.25, 0.3) is 0 Å². The fourth-order valence-corrected chi connectivity index (χ4v) is 2.84. The van der Waals surface area contributed by atoms with Gasteiger partial charge in [-0.2, -0.15) is 0 Å². The minimum Gasteiger partial charge on any atom is -0.443 e. The van der Waals surface area contributed by atoms with Gasteiger partial charge in [0.25, 0.3) is 0 Å². The molecule has 2 bridgehead atoms. The molecule has 2 heterocycles.